The molecule has 6 nitrogen and oxygen atoms in total. The lowest BCUT2D eigenvalue weighted by molar-refractivity contribution is -0.408. The van der Waals surface area contributed by atoms with Crippen LogP contribution in [0.1, 0.15) is 72.9 Å². The van der Waals surface area contributed by atoms with Gasteiger partial charge in [-0.25, -0.2) is 4.79 Å². The molecule has 5 rings (SSSR count). The smallest absolute Gasteiger partial charge is 0.335 e. The zero-order chi connectivity index (χ0) is 23.6. The molecule has 178 valence electrons. The molecule has 0 atom stereocenters. The molecule has 1 spiro atoms. The van der Waals surface area contributed by atoms with Gasteiger partial charge in [0.25, 0.3) is 0 Å². The topological polar surface area (TPSA) is 74.2 Å². The van der Waals surface area contributed by atoms with Crippen LogP contribution in [0.3, 0.4) is 0 Å². The van der Waals surface area contributed by atoms with Gasteiger partial charge in [-0.2, -0.15) is 0 Å². The van der Waals surface area contributed by atoms with Gasteiger partial charge < -0.3 is 24.1 Å². The van der Waals surface area contributed by atoms with E-state index in [1.54, 1.807) is 25.3 Å². The van der Waals surface area contributed by atoms with Crippen LogP contribution in [0.5, 0.6) is 11.5 Å². The van der Waals surface area contributed by atoms with Gasteiger partial charge in [-0.1, -0.05) is 24.0 Å². The van der Waals surface area contributed by atoms with E-state index in [2.05, 4.69) is 24.0 Å². The minimum atomic E-state index is -0.957. The summed E-state index contributed by atoms with van der Waals surface area (Å²) in [5.41, 5.74) is 1.58. The van der Waals surface area contributed by atoms with Gasteiger partial charge in [0, 0.05) is 18.4 Å². The van der Waals surface area contributed by atoms with Crippen molar-refractivity contribution < 1.29 is 28.8 Å². The maximum Gasteiger partial charge on any atom is 0.335 e. The van der Waals surface area contributed by atoms with E-state index >= 15 is 0 Å². The molecule has 0 bridgehead atoms. The number of hydrogen-bond acceptors (Lipinski definition) is 5. The molecule has 3 aliphatic rings. The van der Waals surface area contributed by atoms with Crippen LogP contribution in [0.2, 0.25) is 0 Å². The summed E-state index contributed by atoms with van der Waals surface area (Å²) < 4.78 is 23.5. The highest BCUT2D eigenvalue weighted by Crippen LogP contribution is 2.49. The summed E-state index contributed by atoms with van der Waals surface area (Å²) in [6, 6.07) is 12.9. The molecule has 1 N–H and O–H groups in total. The minimum Gasteiger partial charge on any atom is -0.493 e. The lowest BCUT2D eigenvalue weighted by Gasteiger charge is -2.48. The predicted molar refractivity (Wildman–Crippen MR) is 126 cm³/mol. The van der Waals surface area contributed by atoms with Gasteiger partial charge in [0.15, 0.2) is 24.1 Å². The fourth-order valence-corrected chi connectivity index (χ4v) is 5.23. The number of benzene rings is 2. The van der Waals surface area contributed by atoms with Crippen molar-refractivity contribution in [2.45, 2.75) is 68.7 Å². The number of methoxy groups -OCH3 is 1. The van der Waals surface area contributed by atoms with E-state index in [0.29, 0.717) is 12.4 Å². The lowest BCUT2D eigenvalue weighted by atomic mass is 9.67. The molecule has 1 saturated heterocycles. The summed E-state index contributed by atoms with van der Waals surface area (Å²) in [6.45, 7) is 0.350. The van der Waals surface area contributed by atoms with Gasteiger partial charge in [-0.15, -0.1) is 0 Å². The number of carbonyl (C=O) groups is 1. The first-order valence-electron chi connectivity index (χ1n) is 12.0. The number of rotatable bonds is 5. The summed E-state index contributed by atoms with van der Waals surface area (Å²) >= 11 is 0. The van der Waals surface area contributed by atoms with E-state index in [-0.39, 0.29) is 11.7 Å². The van der Waals surface area contributed by atoms with Crippen molar-refractivity contribution >= 4 is 5.97 Å². The van der Waals surface area contributed by atoms with Gasteiger partial charge in [0.1, 0.15) is 0 Å². The van der Waals surface area contributed by atoms with E-state index < -0.39 is 17.2 Å². The van der Waals surface area contributed by atoms with Crippen LogP contribution in [0, 0.1) is 11.8 Å². The number of hydrogen-bond donors (Lipinski definition) is 1. The minimum absolute atomic E-state index is 0.219. The molecule has 2 aromatic carbocycles. The van der Waals surface area contributed by atoms with Gasteiger partial charge >= 0.3 is 5.97 Å². The SMILES string of the molecule is COc1ccc(C2(C#Cc3cccc(C(=O)O)c3)CCC3(CC2)OCO3)cc1OC1CCCC1. The normalized spacial score (nSPS) is 20.7. The van der Waals surface area contributed by atoms with Crippen molar-refractivity contribution in [3.63, 3.8) is 0 Å². The zero-order valence-corrected chi connectivity index (χ0v) is 19.5. The first-order valence-corrected chi connectivity index (χ1v) is 12.0. The lowest BCUT2D eigenvalue weighted by Crippen LogP contribution is -2.51. The van der Waals surface area contributed by atoms with E-state index in [1.807, 2.05) is 12.1 Å². The number of ether oxygens (including phenoxy) is 4. The standard InChI is InChI=1S/C28H30O6/c1-31-24-10-9-22(18-25(24)34-23-7-2-3-8-23)27(13-15-28(16-14-27)32-19-33-28)12-11-20-5-4-6-21(17-20)26(29)30/h4-6,9-10,17-18,23H,2-3,7-8,13-16,19H2,1H3,(H,29,30). The predicted octanol–water partition coefficient (Wildman–Crippen LogP) is 5.28. The Bertz CT molecular complexity index is 1110. The quantitative estimate of drug-likeness (QED) is 0.610. The van der Waals surface area contributed by atoms with E-state index in [1.165, 1.54) is 12.8 Å². The number of carboxylic acids is 1. The maximum absolute atomic E-state index is 11.4. The Morgan fingerprint density at radius 3 is 2.44 bits per heavy atom. The summed E-state index contributed by atoms with van der Waals surface area (Å²) in [6.07, 6.45) is 7.78. The van der Waals surface area contributed by atoms with Crippen LogP contribution in [-0.2, 0) is 14.9 Å². The van der Waals surface area contributed by atoms with Crippen molar-refractivity contribution in [2.75, 3.05) is 13.9 Å². The molecule has 2 aromatic rings. The molecule has 2 aliphatic carbocycles. The summed E-state index contributed by atoms with van der Waals surface area (Å²) in [5.74, 6) is 6.84. The fourth-order valence-electron chi connectivity index (χ4n) is 5.23. The Hall–Kier alpha value is -3.01. The molecule has 0 amide bonds. The van der Waals surface area contributed by atoms with Crippen molar-refractivity contribution in [1.29, 1.82) is 0 Å². The molecule has 1 heterocycles. The second kappa shape index (κ2) is 9.32. The second-order valence-corrected chi connectivity index (χ2v) is 9.43. The maximum atomic E-state index is 11.4. The van der Waals surface area contributed by atoms with Crippen LogP contribution in [0.4, 0.5) is 0 Å². The summed E-state index contributed by atoms with van der Waals surface area (Å²) in [5, 5.41) is 9.34. The third kappa shape index (κ3) is 4.51. The molecule has 3 fully saturated rings. The molecular weight excluding hydrogens is 432 g/mol. The van der Waals surface area contributed by atoms with Crippen molar-refractivity contribution in [1.82, 2.24) is 0 Å². The van der Waals surface area contributed by atoms with E-state index in [4.69, 9.17) is 18.9 Å². The highest BCUT2D eigenvalue weighted by Gasteiger charge is 2.48. The highest BCUT2D eigenvalue weighted by molar-refractivity contribution is 5.88. The van der Waals surface area contributed by atoms with Crippen LogP contribution < -0.4 is 9.47 Å². The van der Waals surface area contributed by atoms with Crippen molar-refractivity contribution in [2.24, 2.45) is 0 Å². The average molecular weight is 463 g/mol. The number of aromatic carboxylic acids is 1. The zero-order valence-electron chi connectivity index (χ0n) is 19.5. The Labute approximate surface area is 200 Å². The second-order valence-electron chi connectivity index (χ2n) is 9.43. The molecule has 1 aliphatic heterocycles. The van der Waals surface area contributed by atoms with Gasteiger partial charge in [0.05, 0.1) is 24.2 Å². The average Bonchev–Trinajstić information content (AvgIpc) is 3.35. The third-order valence-electron chi connectivity index (χ3n) is 7.38. The number of carboxylic acid groups (broad SMARTS) is 1. The monoisotopic (exact) mass is 462 g/mol. The van der Waals surface area contributed by atoms with Crippen LogP contribution in [-0.4, -0.2) is 36.9 Å². The first kappa shape index (κ1) is 22.8. The highest BCUT2D eigenvalue weighted by atomic mass is 16.9. The molecule has 34 heavy (non-hydrogen) atoms. The van der Waals surface area contributed by atoms with Crippen molar-refractivity contribution in [3.05, 3.63) is 59.2 Å². The Kier molecular flexibility index (Phi) is 6.24. The summed E-state index contributed by atoms with van der Waals surface area (Å²) in [7, 11) is 1.66. The Morgan fingerprint density at radius 2 is 1.79 bits per heavy atom. The van der Waals surface area contributed by atoms with Gasteiger partial charge in [0.2, 0.25) is 0 Å². The Balaban J connectivity index is 1.50. The van der Waals surface area contributed by atoms with Gasteiger partial charge in [-0.3, -0.25) is 0 Å². The largest absolute Gasteiger partial charge is 0.493 e. The van der Waals surface area contributed by atoms with Gasteiger partial charge in [-0.05, 0) is 74.4 Å². The first-order chi connectivity index (χ1) is 16.5. The molecule has 0 radical (unpaired) electrons. The molecule has 0 unspecified atom stereocenters. The third-order valence-corrected chi connectivity index (χ3v) is 7.38. The van der Waals surface area contributed by atoms with E-state index in [9.17, 15) is 9.90 Å². The molecular formula is C28H30O6. The van der Waals surface area contributed by atoms with E-state index in [0.717, 1.165) is 55.6 Å². The van der Waals surface area contributed by atoms with Crippen LogP contribution in [0.15, 0.2) is 42.5 Å². The molecule has 0 aromatic heterocycles. The molecule has 6 heteroatoms. The summed E-state index contributed by atoms with van der Waals surface area (Å²) in [4.78, 5) is 11.4. The van der Waals surface area contributed by atoms with Crippen molar-refractivity contribution in [3.8, 4) is 23.3 Å². The van der Waals surface area contributed by atoms with Crippen LogP contribution in [0.25, 0.3) is 0 Å². The molecule has 2 saturated carbocycles. The van der Waals surface area contributed by atoms with Crippen LogP contribution >= 0.6 is 0 Å². The Morgan fingerprint density at radius 1 is 1.03 bits per heavy atom. The fraction of sp³-hybridized carbons (Fsp3) is 0.464.